The predicted octanol–water partition coefficient (Wildman–Crippen LogP) is 12.7. The van der Waals surface area contributed by atoms with Crippen molar-refractivity contribution in [1.29, 1.82) is 0 Å². The monoisotopic (exact) mass is 609 g/mol. The van der Waals surface area contributed by atoms with Gasteiger partial charge in [0.25, 0.3) is 0 Å². The van der Waals surface area contributed by atoms with E-state index >= 15 is 0 Å². The van der Waals surface area contributed by atoms with Crippen LogP contribution in [0.4, 0.5) is 0 Å². The number of benzene rings is 6. The number of hydrogen-bond donors (Lipinski definition) is 0. The van der Waals surface area contributed by atoms with E-state index in [4.69, 9.17) is 9.40 Å². The van der Waals surface area contributed by atoms with Gasteiger partial charge in [-0.1, -0.05) is 84.9 Å². The highest BCUT2D eigenvalue weighted by molar-refractivity contribution is 7.36. The summed E-state index contributed by atoms with van der Waals surface area (Å²) in [6.45, 7) is 0. The second kappa shape index (κ2) is 9.60. The molecule has 45 heavy (non-hydrogen) atoms. The molecule has 0 N–H and O–H groups in total. The molecular weight excluding hydrogens is 587 g/mol. The molecule has 0 aliphatic carbocycles. The zero-order valence-corrected chi connectivity index (χ0v) is 25.6. The first kappa shape index (κ1) is 25.1. The van der Waals surface area contributed by atoms with Gasteiger partial charge < -0.3 is 4.42 Å². The molecule has 0 unspecified atom stereocenters. The number of fused-ring (bicyclic) bond motifs is 8. The van der Waals surface area contributed by atoms with Crippen LogP contribution in [0.3, 0.4) is 0 Å². The van der Waals surface area contributed by atoms with Crippen LogP contribution in [0.25, 0.3) is 95.8 Å². The number of pyridine rings is 1. The van der Waals surface area contributed by atoms with E-state index in [0.717, 1.165) is 39.1 Å². The molecule has 0 amide bonds. The summed E-state index contributed by atoms with van der Waals surface area (Å²) < 4.78 is 11.6. The molecule has 210 valence electrons. The van der Waals surface area contributed by atoms with Crippen LogP contribution in [0, 0.1) is 0 Å². The van der Waals surface area contributed by atoms with Gasteiger partial charge in [0, 0.05) is 48.4 Å². The highest BCUT2D eigenvalue weighted by Crippen LogP contribution is 2.46. The highest BCUT2D eigenvalue weighted by atomic mass is 32.1. The Balaban J connectivity index is 0.972. The van der Waals surface area contributed by atoms with Gasteiger partial charge in [-0.15, -0.1) is 22.7 Å². The number of nitrogens with zero attached hydrogens (tertiary/aromatic N) is 1. The molecule has 0 bridgehead atoms. The first-order valence-corrected chi connectivity index (χ1v) is 16.6. The average molecular weight is 610 g/mol. The van der Waals surface area contributed by atoms with Crippen molar-refractivity contribution in [3.05, 3.63) is 140 Å². The molecule has 4 heterocycles. The van der Waals surface area contributed by atoms with Crippen molar-refractivity contribution in [2.45, 2.75) is 0 Å². The minimum Gasteiger partial charge on any atom is -0.456 e. The van der Waals surface area contributed by atoms with Crippen molar-refractivity contribution < 1.29 is 4.42 Å². The van der Waals surface area contributed by atoms with E-state index in [9.17, 15) is 0 Å². The van der Waals surface area contributed by atoms with Crippen molar-refractivity contribution in [3.8, 4) is 33.7 Å². The third kappa shape index (κ3) is 4.03. The van der Waals surface area contributed by atoms with Gasteiger partial charge in [0.1, 0.15) is 11.3 Å². The van der Waals surface area contributed by atoms with Gasteiger partial charge in [-0.3, -0.25) is 4.98 Å². The largest absolute Gasteiger partial charge is 0.456 e. The van der Waals surface area contributed by atoms with Gasteiger partial charge in [0.15, 0.2) is 0 Å². The number of aromatic nitrogens is 1. The number of furan rings is 1. The van der Waals surface area contributed by atoms with Crippen LogP contribution in [-0.2, 0) is 0 Å². The maximum Gasteiger partial charge on any atom is 0.135 e. The Hall–Kier alpha value is -5.29. The molecule has 0 spiro atoms. The fourth-order valence-corrected chi connectivity index (χ4v) is 9.23. The highest BCUT2D eigenvalue weighted by Gasteiger charge is 2.14. The van der Waals surface area contributed by atoms with Crippen molar-refractivity contribution in [1.82, 2.24) is 4.98 Å². The van der Waals surface area contributed by atoms with Crippen LogP contribution in [0.15, 0.2) is 144 Å². The first-order chi connectivity index (χ1) is 22.2. The van der Waals surface area contributed by atoms with Gasteiger partial charge in [0.05, 0.1) is 15.1 Å². The summed E-state index contributed by atoms with van der Waals surface area (Å²) in [5, 5.41) is 8.98. The van der Waals surface area contributed by atoms with Crippen molar-refractivity contribution >= 4 is 84.8 Å². The molecule has 2 nitrogen and oxygen atoms in total. The van der Waals surface area contributed by atoms with E-state index in [0.29, 0.717) is 0 Å². The first-order valence-electron chi connectivity index (χ1n) is 15.0. The van der Waals surface area contributed by atoms with Crippen molar-refractivity contribution in [2.24, 2.45) is 0 Å². The number of para-hydroxylation sites is 1. The molecule has 10 aromatic rings. The lowest BCUT2D eigenvalue weighted by Crippen LogP contribution is -1.86. The molecule has 4 aromatic heterocycles. The van der Waals surface area contributed by atoms with E-state index in [1.54, 1.807) is 0 Å². The van der Waals surface area contributed by atoms with E-state index in [2.05, 4.69) is 115 Å². The Kier molecular flexibility index (Phi) is 5.35. The zero-order chi connectivity index (χ0) is 29.5. The third-order valence-corrected chi connectivity index (χ3v) is 11.4. The fourth-order valence-electron chi connectivity index (χ4n) is 6.53. The van der Waals surface area contributed by atoms with Crippen LogP contribution in [0.5, 0.6) is 0 Å². The number of thiophene rings is 2. The molecule has 0 aliphatic rings. The van der Waals surface area contributed by atoms with Gasteiger partial charge >= 0.3 is 0 Å². The van der Waals surface area contributed by atoms with Crippen LogP contribution in [0.2, 0.25) is 0 Å². The Morgan fingerprint density at radius 3 is 1.76 bits per heavy atom. The molecule has 0 radical (unpaired) electrons. The average Bonchev–Trinajstić information content (AvgIpc) is 3.78. The minimum absolute atomic E-state index is 0.879. The second-order valence-corrected chi connectivity index (χ2v) is 13.7. The third-order valence-electron chi connectivity index (χ3n) is 8.89. The van der Waals surface area contributed by atoms with E-state index in [1.165, 1.54) is 56.7 Å². The Morgan fingerprint density at radius 2 is 1.04 bits per heavy atom. The summed E-state index contributed by atoms with van der Waals surface area (Å²) in [6, 6.07) is 47.8. The summed E-state index contributed by atoms with van der Waals surface area (Å²) in [7, 11) is 0. The van der Waals surface area contributed by atoms with Crippen LogP contribution >= 0.6 is 22.7 Å². The molecule has 6 aromatic carbocycles. The Bertz CT molecular complexity index is 2710. The summed E-state index contributed by atoms with van der Waals surface area (Å²) in [5.41, 5.74) is 6.30. The molecule has 0 saturated carbocycles. The molecule has 10 rings (SSSR count). The Morgan fingerprint density at radius 1 is 0.444 bits per heavy atom. The van der Waals surface area contributed by atoms with Crippen molar-refractivity contribution in [2.75, 3.05) is 0 Å². The summed E-state index contributed by atoms with van der Waals surface area (Å²) in [5.74, 6) is 0.879. The number of rotatable bonds is 3. The smallest absolute Gasteiger partial charge is 0.135 e. The SMILES string of the molecule is c1ccc2cc3c(cc2c1)sc1c2cc4ccc(-c5ccc(-c6ccc(-c7cc8ccccc8o7)cc6)nc5)cc4cc2sc31. The molecule has 0 saturated heterocycles. The van der Waals surface area contributed by atoms with E-state index in [-0.39, 0.29) is 0 Å². The molecule has 0 atom stereocenters. The lowest BCUT2D eigenvalue weighted by Gasteiger charge is -2.07. The minimum atomic E-state index is 0.879. The van der Waals surface area contributed by atoms with Gasteiger partial charge in [-0.05, 0) is 75.6 Å². The summed E-state index contributed by atoms with van der Waals surface area (Å²) in [6.07, 6.45) is 1.99. The van der Waals surface area contributed by atoms with Crippen LogP contribution < -0.4 is 0 Å². The normalized spacial score (nSPS) is 12.0. The topological polar surface area (TPSA) is 26.0 Å². The quantitative estimate of drug-likeness (QED) is 0.199. The molecule has 4 heteroatoms. The van der Waals surface area contributed by atoms with Gasteiger partial charge in [-0.25, -0.2) is 0 Å². The fraction of sp³-hybridized carbons (Fsp3) is 0. The standard InChI is InChI=1S/C41H23NOS2/c1-2-6-27-21-38-33(18-26(27)5-1)40-41(44-38)34-19-29-14-13-28(17-32(29)22-39(34)45-40)31-15-16-35(42-23-31)24-9-11-25(12-10-24)37-20-30-7-3-4-8-36(30)43-37/h1-23H. The lowest BCUT2D eigenvalue weighted by molar-refractivity contribution is 0.631. The Labute approximate surface area is 266 Å². The maximum absolute atomic E-state index is 6.05. The second-order valence-electron chi connectivity index (χ2n) is 11.6. The van der Waals surface area contributed by atoms with Gasteiger partial charge in [0.2, 0.25) is 0 Å². The summed E-state index contributed by atoms with van der Waals surface area (Å²) in [4.78, 5) is 4.84. The zero-order valence-electron chi connectivity index (χ0n) is 24.0. The van der Waals surface area contributed by atoms with Crippen LogP contribution in [0.1, 0.15) is 0 Å². The number of hydrogen-bond acceptors (Lipinski definition) is 4. The van der Waals surface area contributed by atoms with E-state index < -0.39 is 0 Å². The maximum atomic E-state index is 6.05. The van der Waals surface area contributed by atoms with E-state index in [1.807, 2.05) is 47.1 Å². The molecular formula is C41H23NOS2. The van der Waals surface area contributed by atoms with Gasteiger partial charge in [-0.2, -0.15) is 0 Å². The molecule has 0 aliphatic heterocycles. The van der Waals surface area contributed by atoms with Crippen LogP contribution in [-0.4, -0.2) is 4.98 Å². The lowest BCUT2D eigenvalue weighted by atomic mass is 10.0. The summed E-state index contributed by atoms with van der Waals surface area (Å²) >= 11 is 3.83. The van der Waals surface area contributed by atoms with Crippen molar-refractivity contribution in [3.63, 3.8) is 0 Å². The molecule has 0 fully saturated rings. The predicted molar refractivity (Wildman–Crippen MR) is 194 cm³/mol.